The second kappa shape index (κ2) is 9.37. The number of carbonyl (C=O) groups excluding carboxylic acids is 1. The van der Waals surface area contributed by atoms with Crippen LogP contribution in [-0.2, 0) is 9.53 Å². The number of ether oxygens (including phenoxy) is 1. The molecule has 0 aliphatic rings. The summed E-state index contributed by atoms with van der Waals surface area (Å²) in [6, 6.07) is 22.4. The summed E-state index contributed by atoms with van der Waals surface area (Å²) >= 11 is 0. The number of fused-ring (bicyclic) bond motifs is 2. The number of aromatic nitrogens is 2. The van der Waals surface area contributed by atoms with E-state index in [4.69, 9.17) is 0 Å². The number of nitrogens with zero attached hydrogens (tertiary/aromatic N) is 1. The van der Waals surface area contributed by atoms with Gasteiger partial charge in [0.1, 0.15) is 5.60 Å². The summed E-state index contributed by atoms with van der Waals surface area (Å²) in [4.78, 5) is 16.9. The SMILES string of the molecule is CC(C)(C)OC=O.c1ccc2[nH]ccc2c1.c1ccc2ncccc2c1. The normalized spacial score (nSPS) is 10.3. The van der Waals surface area contributed by atoms with Crippen molar-refractivity contribution < 1.29 is 9.53 Å². The van der Waals surface area contributed by atoms with Crippen LogP contribution in [0.2, 0.25) is 0 Å². The first-order valence-corrected chi connectivity index (χ1v) is 8.43. The Morgan fingerprint density at radius 2 is 1.54 bits per heavy atom. The minimum Gasteiger partial charge on any atom is -0.462 e. The van der Waals surface area contributed by atoms with Crippen molar-refractivity contribution in [2.45, 2.75) is 26.4 Å². The lowest BCUT2D eigenvalue weighted by atomic mass is 10.2. The van der Waals surface area contributed by atoms with Crippen LogP contribution in [0.4, 0.5) is 0 Å². The van der Waals surface area contributed by atoms with Gasteiger partial charge in [-0.25, -0.2) is 0 Å². The predicted molar refractivity (Wildman–Crippen MR) is 107 cm³/mol. The third-order valence-electron chi connectivity index (χ3n) is 3.38. The van der Waals surface area contributed by atoms with Gasteiger partial charge in [-0.05, 0) is 50.4 Å². The van der Waals surface area contributed by atoms with Gasteiger partial charge in [0, 0.05) is 23.3 Å². The zero-order chi connectivity index (χ0) is 18.8. The number of aromatic amines is 1. The van der Waals surface area contributed by atoms with E-state index in [9.17, 15) is 4.79 Å². The molecule has 0 bridgehead atoms. The number of rotatable bonds is 1. The van der Waals surface area contributed by atoms with Crippen LogP contribution in [0.1, 0.15) is 20.8 Å². The number of hydrogen-bond acceptors (Lipinski definition) is 3. The topological polar surface area (TPSA) is 55.0 Å². The van der Waals surface area contributed by atoms with Gasteiger partial charge in [0.2, 0.25) is 0 Å². The Labute approximate surface area is 153 Å². The van der Waals surface area contributed by atoms with Gasteiger partial charge in [0.15, 0.2) is 0 Å². The number of nitrogens with one attached hydrogen (secondary N) is 1. The second-order valence-corrected chi connectivity index (χ2v) is 6.59. The molecule has 1 N–H and O–H groups in total. The maximum atomic E-state index is 9.60. The van der Waals surface area contributed by atoms with Crippen LogP contribution in [0.15, 0.2) is 79.1 Å². The lowest BCUT2D eigenvalue weighted by molar-refractivity contribution is -0.138. The van der Waals surface area contributed by atoms with E-state index in [2.05, 4.69) is 45.0 Å². The van der Waals surface area contributed by atoms with E-state index in [1.54, 1.807) is 0 Å². The molecular weight excluding hydrogens is 324 g/mol. The van der Waals surface area contributed by atoms with Crippen LogP contribution in [0, 0.1) is 0 Å². The number of H-pyrrole nitrogens is 1. The molecular formula is C22H24N2O2. The fourth-order valence-corrected chi connectivity index (χ4v) is 2.16. The van der Waals surface area contributed by atoms with Crippen molar-refractivity contribution in [3.05, 3.63) is 79.1 Å². The van der Waals surface area contributed by atoms with Gasteiger partial charge >= 0.3 is 0 Å². The number of benzene rings is 2. The van der Waals surface area contributed by atoms with Crippen LogP contribution in [0.3, 0.4) is 0 Å². The average molecular weight is 348 g/mol. The Bertz CT molecular complexity index is 844. The fraction of sp³-hybridized carbons (Fsp3) is 0.182. The first kappa shape index (κ1) is 19.2. The van der Waals surface area contributed by atoms with E-state index in [1.165, 1.54) is 16.3 Å². The summed E-state index contributed by atoms with van der Waals surface area (Å²) in [5.74, 6) is 0. The maximum Gasteiger partial charge on any atom is 0.293 e. The van der Waals surface area contributed by atoms with E-state index >= 15 is 0 Å². The van der Waals surface area contributed by atoms with Crippen molar-refractivity contribution in [1.29, 1.82) is 0 Å². The number of pyridine rings is 1. The van der Waals surface area contributed by atoms with Gasteiger partial charge in [0.25, 0.3) is 6.47 Å². The van der Waals surface area contributed by atoms with Crippen LogP contribution < -0.4 is 0 Å². The molecule has 0 unspecified atom stereocenters. The van der Waals surface area contributed by atoms with Crippen LogP contribution in [-0.4, -0.2) is 22.0 Å². The van der Waals surface area contributed by atoms with Crippen LogP contribution in [0.5, 0.6) is 0 Å². The van der Waals surface area contributed by atoms with E-state index < -0.39 is 0 Å². The Hall–Kier alpha value is -3.14. The van der Waals surface area contributed by atoms with Gasteiger partial charge < -0.3 is 9.72 Å². The zero-order valence-corrected chi connectivity index (χ0v) is 15.3. The molecule has 2 aromatic carbocycles. The van der Waals surface area contributed by atoms with Crippen molar-refractivity contribution in [1.82, 2.24) is 9.97 Å². The van der Waals surface area contributed by atoms with Gasteiger partial charge in [-0.3, -0.25) is 9.78 Å². The summed E-state index contributed by atoms with van der Waals surface area (Å²) < 4.78 is 4.55. The maximum absolute atomic E-state index is 9.60. The second-order valence-electron chi connectivity index (χ2n) is 6.59. The minimum atomic E-state index is -0.318. The molecule has 0 radical (unpaired) electrons. The molecule has 2 aromatic heterocycles. The highest BCUT2D eigenvalue weighted by Gasteiger charge is 2.07. The molecule has 26 heavy (non-hydrogen) atoms. The lowest BCUT2D eigenvalue weighted by Crippen LogP contribution is -2.17. The summed E-state index contributed by atoms with van der Waals surface area (Å²) in [7, 11) is 0. The molecule has 134 valence electrons. The smallest absolute Gasteiger partial charge is 0.293 e. The average Bonchev–Trinajstić information content (AvgIpc) is 3.11. The Kier molecular flexibility index (Phi) is 6.92. The summed E-state index contributed by atoms with van der Waals surface area (Å²) in [6.45, 7) is 5.92. The van der Waals surface area contributed by atoms with Crippen molar-refractivity contribution in [2.24, 2.45) is 0 Å². The predicted octanol–water partition coefficient (Wildman–Crippen LogP) is 5.36. The van der Waals surface area contributed by atoms with Gasteiger partial charge in [0.05, 0.1) is 5.52 Å². The zero-order valence-electron chi connectivity index (χ0n) is 15.3. The number of hydrogen-bond donors (Lipinski definition) is 1. The first-order valence-electron chi connectivity index (χ1n) is 8.43. The Morgan fingerprint density at radius 3 is 2.15 bits per heavy atom. The van der Waals surface area contributed by atoms with Crippen molar-refractivity contribution in [2.75, 3.05) is 0 Å². The molecule has 4 nitrogen and oxygen atoms in total. The highest BCUT2D eigenvalue weighted by atomic mass is 16.5. The molecule has 0 amide bonds. The fourth-order valence-electron chi connectivity index (χ4n) is 2.16. The first-order chi connectivity index (χ1) is 12.5. The monoisotopic (exact) mass is 348 g/mol. The molecule has 0 aliphatic carbocycles. The van der Waals surface area contributed by atoms with Crippen molar-refractivity contribution >= 4 is 28.3 Å². The van der Waals surface area contributed by atoms with Gasteiger partial charge in [-0.1, -0.05) is 42.5 Å². The van der Waals surface area contributed by atoms with E-state index in [1.807, 2.05) is 69.6 Å². The highest BCUT2D eigenvalue weighted by Crippen LogP contribution is 2.09. The number of carbonyl (C=O) groups is 1. The van der Waals surface area contributed by atoms with Crippen LogP contribution in [0.25, 0.3) is 21.8 Å². The third kappa shape index (κ3) is 6.40. The van der Waals surface area contributed by atoms with Crippen molar-refractivity contribution in [3.8, 4) is 0 Å². The van der Waals surface area contributed by atoms with Crippen LogP contribution >= 0.6 is 0 Å². The minimum absolute atomic E-state index is 0.318. The largest absolute Gasteiger partial charge is 0.462 e. The van der Waals surface area contributed by atoms with Crippen molar-refractivity contribution in [3.63, 3.8) is 0 Å². The quantitative estimate of drug-likeness (QED) is 0.471. The Balaban J connectivity index is 0.000000143. The molecule has 4 rings (SSSR count). The molecule has 0 aliphatic heterocycles. The summed E-state index contributed by atoms with van der Waals surface area (Å²) in [5.41, 5.74) is 1.95. The van der Waals surface area contributed by atoms with E-state index in [0.717, 1.165) is 5.52 Å². The summed E-state index contributed by atoms with van der Waals surface area (Å²) in [5, 5.41) is 2.47. The molecule has 0 saturated heterocycles. The molecule has 0 spiro atoms. The molecule has 4 aromatic rings. The third-order valence-corrected chi connectivity index (χ3v) is 3.38. The summed E-state index contributed by atoms with van der Waals surface area (Å²) in [6.07, 6.45) is 3.76. The molecule has 0 fully saturated rings. The van der Waals surface area contributed by atoms with Gasteiger partial charge in [-0.15, -0.1) is 0 Å². The standard InChI is InChI=1S/C9H7N.C8H7N.C5H10O2/c1-2-6-9-8(4-1)5-3-7-10-9;1-2-4-8-7(3-1)5-6-9-8;1-5(2,3)7-4-6/h1-7H;1-6,9H;4H,1-3H3. The van der Waals surface area contributed by atoms with E-state index in [0.29, 0.717) is 6.47 Å². The lowest BCUT2D eigenvalue weighted by Gasteiger charge is -2.14. The molecule has 0 saturated carbocycles. The number of para-hydroxylation sites is 2. The molecule has 4 heteroatoms. The molecule has 2 heterocycles. The van der Waals surface area contributed by atoms with Gasteiger partial charge in [-0.2, -0.15) is 0 Å². The molecule has 0 atom stereocenters. The van der Waals surface area contributed by atoms with E-state index in [-0.39, 0.29) is 5.60 Å². The Morgan fingerprint density at radius 1 is 0.885 bits per heavy atom. The highest BCUT2D eigenvalue weighted by molar-refractivity contribution is 5.79.